The van der Waals surface area contributed by atoms with E-state index in [2.05, 4.69) is 9.88 Å². The maximum Gasteiger partial charge on any atom is 0.295 e. The lowest BCUT2D eigenvalue weighted by Gasteiger charge is -2.39. The highest BCUT2D eigenvalue weighted by Gasteiger charge is 2.40. The lowest BCUT2D eigenvalue weighted by atomic mass is 10.0. The third kappa shape index (κ3) is 2.50. The van der Waals surface area contributed by atoms with Gasteiger partial charge in [0.05, 0.1) is 18.1 Å². The fourth-order valence-corrected chi connectivity index (χ4v) is 3.62. The maximum absolute atomic E-state index is 11.3. The second kappa shape index (κ2) is 5.68. The van der Waals surface area contributed by atoms with Gasteiger partial charge in [-0.15, -0.1) is 0 Å². The van der Waals surface area contributed by atoms with Gasteiger partial charge in [0, 0.05) is 48.8 Å². The Bertz CT molecular complexity index is 792. The molecule has 1 spiro atoms. The number of benzene rings is 1. The molecule has 0 bridgehead atoms. The molecule has 24 heavy (non-hydrogen) atoms. The molecule has 7 heteroatoms. The number of anilines is 1. The number of ether oxygens (including phenoxy) is 2. The molecule has 2 aromatic rings. The Labute approximate surface area is 139 Å². The average molecular weight is 329 g/mol. The Morgan fingerprint density at radius 2 is 1.96 bits per heavy atom. The van der Waals surface area contributed by atoms with E-state index in [0.717, 1.165) is 42.7 Å². The summed E-state index contributed by atoms with van der Waals surface area (Å²) in [7, 11) is 0. The summed E-state index contributed by atoms with van der Waals surface area (Å²) in [4.78, 5) is 17.6. The van der Waals surface area contributed by atoms with Gasteiger partial charge >= 0.3 is 0 Å². The van der Waals surface area contributed by atoms with E-state index in [0.29, 0.717) is 18.7 Å². The number of para-hydroxylation sites is 1. The molecule has 0 unspecified atom stereocenters. The van der Waals surface area contributed by atoms with Crippen LogP contribution in [-0.4, -0.2) is 42.0 Å². The van der Waals surface area contributed by atoms with E-state index >= 15 is 0 Å². The first-order chi connectivity index (χ1) is 11.6. The van der Waals surface area contributed by atoms with Crippen LogP contribution < -0.4 is 4.90 Å². The summed E-state index contributed by atoms with van der Waals surface area (Å²) in [6.07, 6.45) is 1.59. The summed E-state index contributed by atoms with van der Waals surface area (Å²) in [5.74, 6) is -0.430. The van der Waals surface area contributed by atoms with Crippen LogP contribution in [0, 0.1) is 17.0 Å². The Morgan fingerprint density at radius 1 is 1.25 bits per heavy atom. The molecule has 7 nitrogen and oxygen atoms in total. The number of hydrogen-bond donors (Lipinski definition) is 0. The molecule has 4 rings (SSSR count). The smallest absolute Gasteiger partial charge is 0.295 e. The summed E-state index contributed by atoms with van der Waals surface area (Å²) in [5, 5.41) is 12.1. The van der Waals surface area contributed by atoms with Gasteiger partial charge in [0.25, 0.3) is 5.69 Å². The van der Waals surface area contributed by atoms with E-state index in [1.54, 1.807) is 6.07 Å². The first-order valence-electron chi connectivity index (χ1n) is 8.16. The molecule has 0 saturated carbocycles. The van der Waals surface area contributed by atoms with Gasteiger partial charge in [-0.1, -0.05) is 12.1 Å². The van der Waals surface area contributed by atoms with Crippen molar-refractivity contribution in [2.75, 3.05) is 31.2 Å². The fourth-order valence-electron chi connectivity index (χ4n) is 3.62. The summed E-state index contributed by atoms with van der Waals surface area (Å²) >= 11 is 0. The zero-order valence-electron chi connectivity index (χ0n) is 13.5. The molecule has 2 fully saturated rings. The fraction of sp³-hybridized carbons (Fsp3) is 0.471. The van der Waals surface area contributed by atoms with Gasteiger partial charge in [0.1, 0.15) is 0 Å². The van der Waals surface area contributed by atoms with Crippen LogP contribution in [0.2, 0.25) is 0 Å². The second-order valence-electron chi connectivity index (χ2n) is 6.31. The predicted octanol–water partition coefficient (Wildman–Crippen LogP) is 2.79. The number of non-ortho nitro benzene ring substituents is 1. The maximum atomic E-state index is 11.3. The minimum absolute atomic E-state index is 0.0494. The highest BCUT2D eigenvalue weighted by atomic mass is 16.7. The number of hydrogen-bond acceptors (Lipinski definition) is 6. The molecule has 3 heterocycles. The van der Waals surface area contributed by atoms with Gasteiger partial charge < -0.3 is 14.4 Å². The highest BCUT2D eigenvalue weighted by Crippen LogP contribution is 2.37. The standard InChI is InChI=1S/C17H19N3O4/c1-12-11-15(13-3-2-4-14(20(21)22)16(13)18-12)19-7-5-17(6-8-19)23-9-10-24-17/h2-4,11H,5-10H2,1H3. The van der Waals surface area contributed by atoms with Crippen LogP contribution in [0.3, 0.4) is 0 Å². The second-order valence-corrected chi connectivity index (χ2v) is 6.31. The molecule has 0 radical (unpaired) electrons. The van der Waals surface area contributed by atoms with Gasteiger partial charge in [-0.2, -0.15) is 0 Å². The molecule has 0 amide bonds. The molecular formula is C17H19N3O4. The van der Waals surface area contributed by atoms with Crippen LogP contribution in [0.5, 0.6) is 0 Å². The van der Waals surface area contributed by atoms with E-state index in [4.69, 9.17) is 9.47 Å². The number of aryl methyl sites for hydroxylation is 1. The van der Waals surface area contributed by atoms with Crippen molar-refractivity contribution in [3.05, 3.63) is 40.1 Å². The number of pyridine rings is 1. The van der Waals surface area contributed by atoms with E-state index in [9.17, 15) is 10.1 Å². The third-order valence-electron chi connectivity index (χ3n) is 4.80. The third-order valence-corrected chi connectivity index (χ3v) is 4.80. The van der Waals surface area contributed by atoms with Gasteiger partial charge in [-0.3, -0.25) is 10.1 Å². The normalized spacial score (nSPS) is 20.0. The zero-order chi connectivity index (χ0) is 16.7. The number of aromatic nitrogens is 1. The largest absolute Gasteiger partial charge is 0.371 e. The van der Waals surface area contributed by atoms with E-state index in [1.165, 1.54) is 6.07 Å². The number of rotatable bonds is 2. The first kappa shape index (κ1) is 15.3. The van der Waals surface area contributed by atoms with Gasteiger partial charge in [0.15, 0.2) is 11.3 Å². The number of fused-ring (bicyclic) bond motifs is 1. The first-order valence-corrected chi connectivity index (χ1v) is 8.16. The quantitative estimate of drug-likeness (QED) is 0.623. The Kier molecular flexibility index (Phi) is 3.62. The Hall–Kier alpha value is -2.25. The van der Waals surface area contributed by atoms with E-state index in [1.807, 2.05) is 19.1 Å². The van der Waals surface area contributed by atoms with Crippen molar-refractivity contribution in [3.8, 4) is 0 Å². The summed E-state index contributed by atoms with van der Waals surface area (Å²) in [5.41, 5.74) is 2.27. The molecule has 0 aliphatic carbocycles. The lowest BCUT2D eigenvalue weighted by Crippen LogP contribution is -2.45. The lowest BCUT2D eigenvalue weighted by molar-refractivity contribution is -0.383. The molecule has 0 atom stereocenters. The summed E-state index contributed by atoms with van der Waals surface area (Å²) in [6, 6.07) is 7.12. The Morgan fingerprint density at radius 3 is 2.62 bits per heavy atom. The van der Waals surface area contributed by atoms with E-state index in [-0.39, 0.29) is 10.6 Å². The van der Waals surface area contributed by atoms with Crippen LogP contribution >= 0.6 is 0 Å². The van der Waals surface area contributed by atoms with E-state index < -0.39 is 5.79 Å². The van der Waals surface area contributed by atoms with Crippen molar-refractivity contribution in [1.82, 2.24) is 4.98 Å². The monoisotopic (exact) mass is 329 g/mol. The molecule has 1 aromatic heterocycles. The van der Waals surface area contributed by atoms with Crippen molar-refractivity contribution in [2.24, 2.45) is 0 Å². The van der Waals surface area contributed by atoms with Crippen molar-refractivity contribution in [1.29, 1.82) is 0 Å². The molecule has 2 aliphatic heterocycles. The number of nitro groups is 1. The topological polar surface area (TPSA) is 77.7 Å². The number of nitro benzene ring substituents is 1. The van der Waals surface area contributed by atoms with Crippen LogP contribution in [0.4, 0.5) is 11.4 Å². The van der Waals surface area contributed by atoms with Crippen LogP contribution in [-0.2, 0) is 9.47 Å². The molecular weight excluding hydrogens is 310 g/mol. The van der Waals surface area contributed by atoms with Crippen LogP contribution in [0.1, 0.15) is 18.5 Å². The zero-order valence-corrected chi connectivity index (χ0v) is 13.5. The predicted molar refractivity (Wildman–Crippen MR) is 89.2 cm³/mol. The molecule has 1 aromatic carbocycles. The summed E-state index contributed by atoms with van der Waals surface area (Å²) in [6.45, 7) is 4.77. The average Bonchev–Trinajstić information content (AvgIpc) is 3.02. The molecule has 126 valence electrons. The van der Waals surface area contributed by atoms with Gasteiger partial charge in [0.2, 0.25) is 0 Å². The highest BCUT2D eigenvalue weighted by molar-refractivity contribution is 5.97. The van der Waals surface area contributed by atoms with Crippen molar-refractivity contribution in [3.63, 3.8) is 0 Å². The van der Waals surface area contributed by atoms with Crippen molar-refractivity contribution >= 4 is 22.3 Å². The van der Waals surface area contributed by atoms with Crippen molar-refractivity contribution in [2.45, 2.75) is 25.6 Å². The number of nitrogens with zero attached hydrogens (tertiary/aromatic N) is 3. The minimum Gasteiger partial charge on any atom is -0.371 e. The molecule has 2 aliphatic rings. The molecule has 0 N–H and O–H groups in total. The molecule has 2 saturated heterocycles. The van der Waals surface area contributed by atoms with Crippen LogP contribution in [0.25, 0.3) is 10.9 Å². The van der Waals surface area contributed by atoms with Crippen LogP contribution in [0.15, 0.2) is 24.3 Å². The van der Waals surface area contributed by atoms with Crippen molar-refractivity contribution < 1.29 is 14.4 Å². The van der Waals surface area contributed by atoms with Gasteiger partial charge in [-0.05, 0) is 13.0 Å². The minimum atomic E-state index is -0.430. The number of piperidine rings is 1. The summed E-state index contributed by atoms with van der Waals surface area (Å²) < 4.78 is 11.6. The Balaban J connectivity index is 1.72. The van der Waals surface area contributed by atoms with Gasteiger partial charge in [-0.25, -0.2) is 4.98 Å². The SMILES string of the molecule is Cc1cc(N2CCC3(CC2)OCCO3)c2cccc([N+](=O)[O-])c2n1.